The van der Waals surface area contributed by atoms with Gasteiger partial charge in [0.1, 0.15) is 17.5 Å². The third-order valence-electron chi connectivity index (χ3n) is 5.57. The van der Waals surface area contributed by atoms with Crippen LogP contribution in [0.25, 0.3) is 0 Å². The molecule has 0 radical (unpaired) electrons. The summed E-state index contributed by atoms with van der Waals surface area (Å²) in [6, 6.07) is 9.24. The molecule has 3 rings (SSSR count). The van der Waals surface area contributed by atoms with E-state index in [1.807, 2.05) is 30.3 Å². The highest BCUT2D eigenvalue weighted by molar-refractivity contribution is 7.91. The van der Waals surface area contributed by atoms with Gasteiger partial charge >= 0.3 is 0 Å². The number of ketones is 1. The molecule has 1 saturated heterocycles. The van der Waals surface area contributed by atoms with Crippen molar-refractivity contribution in [2.75, 3.05) is 42.4 Å². The van der Waals surface area contributed by atoms with Gasteiger partial charge in [-0.05, 0) is 18.6 Å². The summed E-state index contributed by atoms with van der Waals surface area (Å²) in [7, 11) is 2.06. The summed E-state index contributed by atoms with van der Waals surface area (Å²) < 4.78 is 23.2. The Morgan fingerprint density at radius 3 is 2.24 bits per heavy atom. The van der Waals surface area contributed by atoms with Crippen molar-refractivity contribution in [1.29, 1.82) is 5.26 Å². The van der Waals surface area contributed by atoms with Gasteiger partial charge in [-0.2, -0.15) is 5.26 Å². The predicted molar refractivity (Wildman–Crippen MR) is 110 cm³/mol. The monoisotopic (exact) mass is 416 g/mol. The number of hydrogen-bond acceptors (Lipinski definition) is 7. The first-order valence-electron chi connectivity index (χ1n) is 9.36. The average molecular weight is 417 g/mol. The number of sulfone groups is 1. The molecule has 0 aliphatic carbocycles. The standard InChI is InChI=1S/C20H24N4O4S/c1-22(14-10-11-29(27,28)13-14)19(26)9-8-18(25)15(12-21)20-23(2)16-6-4-5-7-17(16)24(20)3/h4-7,14H,8-11,13H2,1-3H3/t14-/m0/s1. The summed E-state index contributed by atoms with van der Waals surface area (Å²) in [5, 5.41) is 9.63. The van der Waals surface area contributed by atoms with Crippen LogP contribution in [0.3, 0.4) is 0 Å². The van der Waals surface area contributed by atoms with Crippen molar-refractivity contribution in [3.05, 3.63) is 35.7 Å². The number of hydrogen-bond donors (Lipinski definition) is 0. The number of rotatable bonds is 5. The van der Waals surface area contributed by atoms with E-state index in [-0.39, 0.29) is 41.9 Å². The van der Waals surface area contributed by atoms with E-state index >= 15 is 0 Å². The molecule has 0 spiro atoms. The Kier molecular flexibility index (Phi) is 5.66. The van der Waals surface area contributed by atoms with Crippen LogP contribution in [0, 0.1) is 11.3 Å². The Balaban J connectivity index is 1.71. The highest BCUT2D eigenvalue weighted by Crippen LogP contribution is 2.40. The van der Waals surface area contributed by atoms with Crippen LogP contribution in [0.5, 0.6) is 0 Å². The van der Waals surface area contributed by atoms with Crippen LogP contribution >= 0.6 is 0 Å². The van der Waals surface area contributed by atoms with Crippen LogP contribution in [0.1, 0.15) is 19.3 Å². The number of amides is 1. The van der Waals surface area contributed by atoms with Crippen molar-refractivity contribution in [1.82, 2.24) is 4.90 Å². The van der Waals surface area contributed by atoms with E-state index in [4.69, 9.17) is 0 Å². The van der Waals surface area contributed by atoms with Crippen LogP contribution in [0.4, 0.5) is 11.4 Å². The van der Waals surface area contributed by atoms with Crippen molar-refractivity contribution in [2.45, 2.75) is 25.3 Å². The van der Waals surface area contributed by atoms with Gasteiger partial charge in [0, 0.05) is 40.0 Å². The topological polar surface area (TPSA) is 102 Å². The quantitative estimate of drug-likeness (QED) is 0.527. The summed E-state index contributed by atoms with van der Waals surface area (Å²) in [4.78, 5) is 30.2. The summed E-state index contributed by atoms with van der Waals surface area (Å²) in [5.74, 6) is -0.168. The number of fused-ring (bicyclic) bond motifs is 1. The molecule has 1 atom stereocenters. The van der Waals surface area contributed by atoms with Crippen LogP contribution < -0.4 is 9.80 Å². The molecule has 1 fully saturated rings. The number of para-hydroxylation sites is 2. The number of anilines is 2. The Morgan fingerprint density at radius 2 is 1.76 bits per heavy atom. The molecule has 2 aliphatic heterocycles. The fourth-order valence-corrected chi connectivity index (χ4v) is 5.64. The zero-order chi connectivity index (χ0) is 21.3. The van der Waals surface area contributed by atoms with Gasteiger partial charge in [0.15, 0.2) is 15.6 Å². The highest BCUT2D eigenvalue weighted by atomic mass is 32.2. The lowest BCUT2D eigenvalue weighted by Gasteiger charge is -2.23. The normalized spacial score (nSPS) is 19.7. The molecule has 154 valence electrons. The Bertz CT molecular complexity index is 994. The van der Waals surface area contributed by atoms with Crippen LogP contribution in [0.15, 0.2) is 35.7 Å². The first-order chi connectivity index (χ1) is 13.7. The summed E-state index contributed by atoms with van der Waals surface area (Å²) in [5.41, 5.74) is 1.79. The van der Waals surface area contributed by atoms with Crippen molar-refractivity contribution in [3.63, 3.8) is 0 Å². The van der Waals surface area contributed by atoms with Gasteiger partial charge in [-0.3, -0.25) is 9.59 Å². The SMILES string of the molecule is CN1C(=C(C#N)C(=O)CCC(=O)N(C)[C@H]2CCS(=O)(=O)C2)N(C)c2ccccc21. The average Bonchev–Trinajstić information content (AvgIpc) is 3.18. The van der Waals surface area contributed by atoms with Gasteiger partial charge in [0.05, 0.1) is 22.9 Å². The number of carbonyl (C=O) groups excluding carboxylic acids is 2. The highest BCUT2D eigenvalue weighted by Gasteiger charge is 2.34. The lowest BCUT2D eigenvalue weighted by Crippen LogP contribution is -2.38. The van der Waals surface area contributed by atoms with Gasteiger partial charge in [-0.25, -0.2) is 8.42 Å². The predicted octanol–water partition coefficient (Wildman–Crippen LogP) is 1.30. The lowest BCUT2D eigenvalue weighted by molar-refractivity contribution is -0.133. The molecule has 0 aromatic heterocycles. The molecule has 1 amide bonds. The minimum atomic E-state index is -3.09. The third-order valence-corrected chi connectivity index (χ3v) is 7.32. The second-order valence-corrected chi connectivity index (χ2v) is 9.63. The smallest absolute Gasteiger partial charge is 0.223 e. The Labute approximate surface area is 170 Å². The maximum absolute atomic E-state index is 12.8. The number of nitrogens with zero attached hydrogens (tertiary/aromatic N) is 4. The maximum atomic E-state index is 12.8. The molecule has 29 heavy (non-hydrogen) atoms. The zero-order valence-corrected chi connectivity index (χ0v) is 17.6. The fourth-order valence-electron chi connectivity index (χ4n) is 3.86. The van der Waals surface area contributed by atoms with Crippen molar-refractivity contribution < 1.29 is 18.0 Å². The molecule has 1 aromatic rings. The van der Waals surface area contributed by atoms with E-state index < -0.39 is 15.6 Å². The van der Waals surface area contributed by atoms with E-state index in [0.717, 1.165) is 11.4 Å². The number of allylic oxidation sites excluding steroid dienone is 1. The van der Waals surface area contributed by atoms with E-state index in [2.05, 4.69) is 0 Å². The van der Waals surface area contributed by atoms with Crippen molar-refractivity contribution in [3.8, 4) is 6.07 Å². The second-order valence-electron chi connectivity index (χ2n) is 7.40. The Morgan fingerprint density at radius 1 is 1.17 bits per heavy atom. The largest absolute Gasteiger partial charge is 0.342 e. The first kappa shape index (κ1) is 20.9. The summed E-state index contributed by atoms with van der Waals surface area (Å²) in [6.45, 7) is 0. The first-order valence-corrected chi connectivity index (χ1v) is 11.2. The molecule has 0 N–H and O–H groups in total. The lowest BCUT2D eigenvalue weighted by atomic mass is 10.1. The number of benzene rings is 1. The number of carbonyl (C=O) groups is 2. The fraction of sp³-hybridized carbons (Fsp3) is 0.450. The van der Waals surface area contributed by atoms with Gasteiger partial charge in [-0.15, -0.1) is 0 Å². The minimum absolute atomic E-state index is 0.00472. The Hall–Kier alpha value is -2.86. The van der Waals surface area contributed by atoms with E-state index in [9.17, 15) is 23.3 Å². The summed E-state index contributed by atoms with van der Waals surface area (Å²) >= 11 is 0. The zero-order valence-electron chi connectivity index (χ0n) is 16.8. The number of Topliss-reactive ketones (excluding diaryl/α,β-unsaturated/α-hetero) is 1. The molecule has 0 saturated carbocycles. The van der Waals surface area contributed by atoms with Crippen LogP contribution in [0.2, 0.25) is 0 Å². The van der Waals surface area contributed by atoms with E-state index in [1.165, 1.54) is 4.90 Å². The van der Waals surface area contributed by atoms with Gasteiger partial charge < -0.3 is 14.7 Å². The van der Waals surface area contributed by atoms with Gasteiger partial charge in [0.25, 0.3) is 0 Å². The molecule has 1 aromatic carbocycles. The molecule has 0 unspecified atom stereocenters. The molecular formula is C20H24N4O4S. The molecule has 0 bridgehead atoms. The minimum Gasteiger partial charge on any atom is -0.342 e. The molecule has 8 nitrogen and oxygen atoms in total. The van der Waals surface area contributed by atoms with E-state index in [1.54, 1.807) is 30.9 Å². The van der Waals surface area contributed by atoms with Gasteiger partial charge in [0.2, 0.25) is 5.91 Å². The molecule has 9 heteroatoms. The van der Waals surface area contributed by atoms with Crippen molar-refractivity contribution >= 4 is 32.9 Å². The van der Waals surface area contributed by atoms with E-state index in [0.29, 0.717) is 12.2 Å². The molecule has 2 aliphatic rings. The van der Waals surface area contributed by atoms with Crippen LogP contribution in [-0.4, -0.2) is 63.7 Å². The van der Waals surface area contributed by atoms with Gasteiger partial charge in [-0.1, -0.05) is 12.1 Å². The van der Waals surface area contributed by atoms with Crippen molar-refractivity contribution in [2.24, 2.45) is 0 Å². The third kappa shape index (κ3) is 3.98. The molecule has 2 heterocycles. The number of nitriles is 1. The second kappa shape index (κ2) is 7.87. The summed E-state index contributed by atoms with van der Waals surface area (Å²) in [6.07, 6.45) is 0.248. The molecular weight excluding hydrogens is 392 g/mol. The maximum Gasteiger partial charge on any atom is 0.223 e. The van der Waals surface area contributed by atoms with Crippen LogP contribution in [-0.2, 0) is 19.4 Å².